The molecule has 102 valence electrons. The predicted octanol–water partition coefficient (Wildman–Crippen LogP) is 2.30. The van der Waals surface area contributed by atoms with Crippen LogP contribution in [0.3, 0.4) is 0 Å². The van der Waals surface area contributed by atoms with Gasteiger partial charge in [-0.1, -0.05) is 12.5 Å². The number of fused-ring (bicyclic) bond motifs is 1. The molecule has 2 rings (SSSR count). The topological polar surface area (TPSA) is 79.5 Å². The predicted molar refractivity (Wildman–Crippen MR) is 71.2 cm³/mol. The van der Waals surface area contributed by atoms with Crippen LogP contribution in [0.1, 0.15) is 25.7 Å². The zero-order valence-electron chi connectivity index (χ0n) is 10.9. The first-order valence-electron chi connectivity index (χ1n) is 6.32. The second kappa shape index (κ2) is 6.17. The van der Waals surface area contributed by atoms with E-state index in [4.69, 9.17) is 9.74 Å². The van der Waals surface area contributed by atoms with Gasteiger partial charge in [0.15, 0.2) is 5.52 Å². The van der Waals surface area contributed by atoms with E-state index in [1.54, 1.807) is 0 Å². The first-order valence-corrected chi connectivity index (χ1v) is 6.32. The third kappa shape index (κ3) is 3.43. The van der Waals surface area contributed by atoms with Gasteiger partial charge in [-0.2, -0.15) is 0 Å². The van der Waals surface area contributed by atoms with Gasteiger partial charge < -0.3 is 10.0 Å². The van der Waals surface area contributed by atoms with Crippen LogP contribution in [0.2, 0.25) is 0 Å². The summed E-state index contributed by atoms with van der Waals surface area (Å²) in [5.74, 6) is -0.730. The van der Waals surface area contributed by atoms with Crippen LogP contribution in [0, 0.1) is 0 Å². The van der Waals surface area contributed by atoms with Crippen LogP contribution in [0.4, 0.5) is 5.69 Å². The number of nitrogens with zero attached hydrogens (tertiary/aromatic N) is 3. The SMILES string of the molecule is CN(CCCCCC(=O)O)c1cccc2nonc12. The average molecular weight is 263 g/mol. The lowest BCUT2D eigenvalue weighted by Crippen LogP contribution is -2.18. The van der Waals surface area contributed by atoms with Crippen LogP contribution in [0.15, 0.2) is 22.8 Å². The van der Waals surface area contributed by atoms with Crippen molar-refractivity contribution in [3.8, 4) is 0 Å². The molecule has 19 heavy (non-hydrogen) atoms. The summed E-state index contributed by atoms with van der Waals surface area (Å²) in [5.41, 5.74) is 2.49. The van der Waals surface area contributed by atoms with E-state index in [1.807, 2.05) is 25.2 Å². The molecule has 1 N–H and O–H groups in total. The second-order valence-electron chi connectivity index (χ2n) is 4.54. The first kappa shape index (κ1) is 13.3. The summed E-state index contributed by atoms with van der Waals surface area (Å²) in [5, 5.41) is 16.3. The molecule has 0 bridgehead atoms. The van der Waals surface area contributed by atoms with Crippen LogP contribution >= 0.6 is 0 Å². The Morgan fingerprint density at radius 1 is 1.32 bits per heavy atom. The van der Waals surface area contributed by atoms with Gasteiger partial charge in [-0.05, 0) is 35.3 Å². The number of carboxylic acid groups (broad SMARTS) is 1. The zero-order valence-corrected chi connectivity index (χ0v) is 10.9. The molecule has 0 unspecified atom stereocenters. The van der Waals surface area contributed by atoms with E-state index < -0.39 is 5.97 Å². The van der Waals surface area contributed by atoms with Crippen LogP contribution in [0.5, 0.6) is 0 Å². The first-order chi connectivity index (χ1) is 9.18. The highest BCUT2D eigenvalue weighted by Gasteiger charge is 2.09. The van der Waals surface area contributed by atoms with Crippen LogP contribution in [0.25, 0.3) is 11.0 Å². The highest BCUT2D eigenvalue weighted by Crippen LogP contribution is 2.23. The van der Waals surface area contributed by atoms with Crippen LogP contribution in [-0.4, -0.2) is 35.0 Å². The Kier molecular flexibility index (Phi) is 4.33. The molecule has 0 fully saturated rings. The number of unbranched alkanes of at least 4 members (excludes halogenated alkanes) is 2. The smallest absolute Gasteiger partial charge is 0.303 e. The maximum atomic E-state index is 10.4. The van der Waals surface area contributed by atoms with E-state index in [0.29, 0.717) is 0 Å². The van der Waals surface area contributed by atoms with Gasteiger partial charge in [-0.25, -0.2) is 4.63 Å². The number of anilines is 1. The highest BCUT2D eigenvalue weighted by molar-refractivity contribution is 5.87. The third-order valence-corrected chi connectivity index (χ3v) is 3.06. The fourth-order valence-corrected chi connectivity index (χ4v) is 2.02. The summed E-state index contributed by atoms with van der Waals surface area (Å²) in [6.45, 7) is 0.853. The minimum atomic E-state index is -0.730. The summed E-state index contributed by atoms with van der Waals surface area (Å²) in [7, 11) is 1.99. The maximum absolute atomic E-state index is 10.4. The van der Waals surface area contributed by atoms with Crippen LogP contribution < -0.4 is 4.90 Å². The van der Waals surface area contributed by atoms with Crippen molar-refractivity contribution in [2.75, 3.05) is 18.5 Å². The van der Waals surface area contributed by atoms with Crippen molar-refractivity contribution in [2.45, 2.75) is 25.7 Å². The quantitative estimate of drug-likeness (QED) is 0.772. The Balaban J connectivity index is 1.87. The van der Waals surface area contributed by atoms with Crippen molar-refractivity contribution >= 4 is 22.7 Å². The molecule has 6 heteroatoms. The van der Waals surface area contributed by atoms with Crippen molar-refractivity contribution in [2.24, 2.45) is 0 Å². The fourth-order valence-electron chi connectivity index (χ4n) is 2.02. The second-order valence-corrected chi connectivity index (χ2v) is 4.54. The lowest BCUT2D eigenvalue weighted by atomic mass is 10.2. The Hall–Kier alpha value is -2.11. The number of hydrogen-bond donors (Lipinski definition) is 1. The molecule has 0 amide bonds. The van der Waals surface area contributed by atoms with Crippen molar-refractivity contribution in [1.82, 2.24) is 10.3 Å². The molecule has 2 aromatic rings. The van der Waals surface area contributed by atoms with E-state index in [0.717, 1.165) is 42.5 Å². The number of rotatable bonds is 7. The number of carbonyl (C=O) groups is 1. The molecule has 1 aromatic heterocycles. The van der Waals surface area contributed by atoms with E-state index >= 15 is 0 Å². The Morgan fingerprint density at radius 2 is 2.16 bits per heavy atom. The molecule has 0 aliphatic carbocycles. The Bertz CT molecular complexity index is 553. The number of benzene rings is 1. The summed E-state index contributed by atoms with van der Waals surface area (Å²) in [6.07, 6.45) is 2.82. The number of aliphatic carboxylic acids is 1. The molecule has 0 saturated carbocycles. The summed E-state index contributed by atoms with van der Waals surface area (Å²) in [6, 6.07) is 5.75. The highest BCUT2D eigenvalue weighted by atomic mass is 16.6. The minimum Gasteiger partial charge on any atom is -0.481 e. The monoisotopic (exact) mass is 263 g/mol. The van der Waals surface area contributed by atoms with E-state index in [9.17, 15) is 4.79 Å². The molecule has 0 spiro atoms. The maximum Gasteiger partial charge on any atom is 0.303 e. The fraction of sp³-hybridized carbons (Fsp3) is 0.462. The van der Waals surface area contributed by atoms with E-state index in [-0.39, 0.29) is 6.42 Å². The van der Waals surface area contributed by atoms with Crippen LogP contribution in [-0.2, 0) is 4.79 Å². The largest absolute Gasteiger partial charge is 0.481 e. The standard InChI is InChI=1S/C13H17N3O3/c1-16(9-4-2-3-8-12(17)18)11-7-5-6-10-13(11)15-19-14-10/h5-7H,2-4,8-9H2,1H3,(H,17,18). The van der Waals surface area contributed by atoms with Crippen molar-refractivity contribution < 1.29 is 14.5 Å². The molecule has 0 aliphatic rings. The molecule has 0 atom stereocenters. The molecule has 0 aliphatic heterocycles. The van der Waals surface area contributed by atoms with Gasteiger partial charge in [0.2, 0.25) is 0 Å². The minimum absolute atomic E-state index is 0.243. The molecule has 0 saturated heterocycles. The third-order valence-electron chi connectivity index (χ3n) is 3.06. The van der Waals surface area contributed by atoms with Gasteiger partial charge >= 0.3 is 5.97 Å². The van der Waals surface area contributed by atoms with Gasteiger partial charge in [0.05, 0.1) is 5.69 Å². The van der Waals surface area contributed by atoms with Crippen molar-refractivity contribution in [3.05, 3.63) is 18.2 Å². The Labute approximate surface area is 111 Å². The molecular weight excluding hydrogens is 246 g/mol. The van der Waals surface area contributed by atoms with Gasteiger partial charge in [0.25, 0.3) is 0 Å². The van der Waals surface area contributed by atoms with Crippen molar-refractivity contribution in [3.63, 3.8) is 0 Å². The van der Waals surface area contributed by atoms with Gasteiger partial charge in [0, 0.05) is 20.0 Å². The summed E-state index contributed by atoms with van der Waals surface area (Å²) < 4.78 is 4.73. The van der Waals surface area contributed by atoms with Gasteiger partial charge in [-0.15, -0.1) is 0 Å². The van der Waals surface area contributed by atoms with E-state index in [1.165, 1.54) is 0 Å². The van der Waals surface area contributed by atoms with Crippen molar-refractivity contribution in [1.29, 1.82) is 0 Å². The van der Waals surface area contributed by atoms with Gasteiger partial charge in [-0.3, -0.25) is 4.79 Å². The summed E-state index contributed by atoms with van der Waals surface area (Å²) >= 11 is 0. The number of hydrogen-bond acceptors (Lipinski definition) is 5. The molecule has 1 aromatic carbocycles. The summed E-state index contributed by atoms with van der Waals surface area (Å²) in [4.78, 5) is 12.5. The molecule has 1 heterocycles. The lowest BCUT2D eigenvalue weighted by Gasteiger charge is -2.18. The average Bonchev–Trinajstić information content (AvgIpc) is 2.85. The zero-order chi connectivity index (χ0) is 13.7. The molecule has 0 radical (unpaired) electrons. The Morgan fingerprint density at radius 3 is 2.95 bits per heavy atom. The molecular formula is C13H17N3O3. The lowest BCUT2D eigenvalue weighted by molar-refractivity contribution is -0.137. The van der Waals surface area contributed by atoms with E-state index in [2.05, 4.69) is 15.2 Å². The molecule has 6 nitrogen and oxygen atoms in total. The number of carboxylic acids is 1. The normalized spacial score (nSPS) is 10.8. The number of aromatic nitrogens is 2. The van der Waals surface area contributed by atoms with Gasteiger partial charge in [0.1, 0.15) is 5.52 Å².